The standard InChI is InChI=1S/C18H21N5O2.2C2HF3O2/c1-14-5-6-15(25-14)12-22-9-7-16-20-21-17(23(16)11-10-22)13-24-18-4-2-3-8-19-18;2*3-2(4,5)1(6)7/h2-6,8H,7,9-13H2,1H3;2*(H,6,7). The van der Waals surface area contributed by atoms with Crippen molar-refractivity contribution in [3.63, 3.8) is 0 Å². The van der Waals surface area contributed by atoms with Gasteiger partial charge in [0.15, 0.2) is 5.82 Å². The number of carbonyl (C=O) groups is 2. The molecule has 0 aromatic carbocycles. The third kappa shape index (κ3) is 10.6. The molecule has 39 heavy (non-hydrogen) atoms. The molecule has 0 saturated heterocycles. The van der Waals surface area contributed by atoms with E-state index in [1.54, 1.807) is 6.20 Å². The second-order valence-electron chi connectivity index (χ2n) is 7.79. The number of aliphatic carboxylic acids is 2. The van der Waals surface area contributed by atoms with E-state index in [1.165, 1.54) is 0 Å². The number of halogens is 6. The number of hydrogen-bond acceptors (Lipinski definition) is 8. The minimum atomic E-state index is -5.08. The van der Waals surface area contributed by atoms with Gasteiger partial charge in [0.1, 0.15) is 24.0 Å². The summed E-state index contributed by atoms with van der Waals surface area (Å²) in [7, 11) is 0. The smallest absolute Gasteiger partial charge is 0.475 e. The van der Waals surface area contributed by atoms with Crippen molar-refractivity contribution in [2.75, 3.05) is 13.1 Å². The second-order valence-corrected chi connectivity index (χ2v) is 7.79. The van der Waals surface area contributed by atoms with E-state index in [4.69, 9.17) is 29.0 Å². The average Bonchev–Trinajstić information content (AvgIpc) is 3.38. The topological polar surface area (TPSA) is 144 Å². The molecule has 0 radical (unpaired) electrons. The molecule has 1 aliphatic heterocycles. The van der Waals surface area contributed by atoms with Gasteiger partial charge in [0.25, 0.3) is 0 Å². The highest BCUT2D eigenvalue weighted by molar-refractivity contribution is 5.73. The van der Waals surface area contributed by atoms with E-state index in [2.05, 4.69) is 24.6 Å². The van der Waals surface area contributed by atoms with Crippen molar-refractivity contribution in [2.24, 2.45) is 0 Å². The van der Waals surface area contributed by atoms with Crippen molar-refractivity contribution in [1.29, 1.82) is 0 Å². The van der Waals surface area contributed by atoms with E-state index in [-0.39, 0.29) is 0 Å². The molecule has 0 saturated carbocycles. The molecular weight excluding hydrogens is 544 g/mol. The first kappa shape index (κ1) is 31.1. The summed E-state index contributed by atoms with van der Waals surface area (Å²) in [5, 5.41) is 22.9. The van der Waals surface area contributed by atoms with E-state index in [0.29, 0.717) is 12.5 Å². The van der Waals surface area contributed by atoms with E-state index in [9.17, 15) is 26.3 Å². The molecule has 3 aromatic rings. The predicted molar refractivity (Wildman–Crippen MR) is 118 cm³/mol. The van der Waals surface area contributed by atoms with Crippen LogP contribution in [0.3, 0.4) is 0 Å². The second kappa shape index (κ2) is 13.6. The van der Waals surface area contributed by atoms with Crippen LogP contribution in [0, 0.1) is 6.92 Å². The van der Waals surface area contributed by atoms with Gasteiger partial charge < -0.3 is 23.9 Å². The highest BCUT2D eigenvalue weighted by Gasteiger charge is 2.38. The Morgan fingerprint density at radius 3 is 2.13 bits per heavy atom. The average molecular weight is 567 g/mol. The number of alkyl halides is 6. The zero-order chi connectivity index (χ0) is 29.2. The summed E-state index contributed by atoms with van der Waals surface area (Å²) in [6.07, 6.45) is -7.58. The van der Waals surface area contributed by atoms with Gasteiger partial charge in [-0.3, -0.25) is 4.90 Å². The molecule has 0 spiro atoms. The summed E-state index contributed by atoms with van der Waals surface area (Å²) < 4.78 is 77.0. The summed E-state index contributed by atoms with van der Waals surface area (Å²) >= 11 is 0. The molecular formula is C22H23F6N5O6. The number of hydrogen-bond donors (Lipinski definition) is 2. The van der Waals surface area contributed by atoms with Crippen molar-refractivity contribution < 1.29 is 55.3 Å². The first-order valence-electron chi connectivity index (χ1n) is 11.0. The Hall–Kier alpha value is -4.15. The summed E-state index contributed by atoms with van der Waals surface area (Å²) in [4.78, 5) is 24.3. The number of aromatic nitrogens is 4. The highest BCUT2D eigenvalue weighted by atomic mass is 19.4. The molecule has 0 unspecified atom stereocenters. The van der Waals surface area contributed by atoms with Crippen LogP contribution in [0.2, 0.25) is 0 Å². The largest absolute Gasteiger partial charge is 0.490 e. The lowest BCUT2D eigenvalue weighted by molar-refractivity contribution is -0.193. The van der Waals surface area contributed by atoms with Crippen LogP contribution in [0.15, 0.2) is 40.9 Å². The van der Waals surface area contributed by atoms with Gasteiger partial charge in [-0.05, 0) is 25.1 Å². The first-order valence-corrected chi connectivity index (χ1v) is 11.0. The Morgan fingerprint density at radius 2 is 1.62 bits per heavy atom. The maximum atomic E-state index is 10.6. The normalized spacial score (nSPS) is 13.6. The molecule has 17 heteroatoms. The summed E-state index contributed by atoms with van der Waals surface area (Å²) in [6, 6.07) is 9.67. The Morgan fingerprint density at radius 1 is 0.974 bits per heavy atom. The zero-order valence-corrected chi connectivity index (χ0v) is 20.2. The number of carboxylic acid groups (broad SMARTS) is 2. The van der Waals surface area contributed by atoms with Crippen molar-refractivity contribution in [1.82, 2.24) is 24.6 Å². The molecule has 1 aliphatic rings. The number of fused-ring (bicyclic) bond motifs is 1. The highest BCUT2D eigenvalue weighted by Crippen LogP contribution is 2.16. The molecule has 4 heterocycles. The molecule has 214 valence electrons. The monoisotopic (exact) mass is 567 g/mol. The van der Waals surface area contributed by atoms with E-state index in [0.717, 1.165) is 55.8 Å². The molecule has 0 atom stereocenters. The number of ether oxygens (including phenoxy) is 1. The number of nitrogens with zero attached hydrogens (tertiary/aromatic N) is 5. The summed E-state index contributed by atoms with van der Waals surface area (Å²) in [6.45, 7) is 5.90. The van der Waals surface area contributed by atoms with Crippen LogP contribution in [-0.4, -0.2) is 72.2 Å². The molecule has 11 nitrogen and oxygen atoms in total. The van der Waals surface area contributed by atoms with Gasteiger partial charge in [0, 0.05) is 38.3 Å². The third-order valence-corrected chi connectivity index (χ3v) is 4.84. The lowest BCUT2D eigenvalue weighted by atomic mass is 10.3. The first-order chi connectivity index (χ1) is 18.2. The third-order valence-electron chi connectivity index (χ3n) is 4.84. The van der Waals surface area contributed by atoms with Gasteiger partial charge in [-0.15, -0.1) is 10.2 Å². The Bertz CT molecular complexity index is 1190. The Kier molecular flexibility index (Phi) is 10.8. The van der Waals surface area contributed by atoms with Crippen molar-refractivity contribution in [3.8, 4) is 5.88 Å². The van der Waals surface area contributed by atoms with Crippen molar-refractivity contribution in [2.45, 2.75) is 45.4 Å². The lowest BCUT2D eigenvalue weighted by Gasteiger charge is -2.18. The van der Waals surface area contributed by atoms with Crippen molar-refractivity contribution >= 4 is 11.9 Å². The molecule has 0 bridgehead atoms. The molecule has 0 aliphatic carbocycles. The maximum absolute atomic E-state index is 10.6. The number of rotatable bonds is 5. The molecule has 2 N–H and O–H groups in total. The minimum absolute atomic E-state index is 0.376. The van der Waals surface area contributed by atoms with Crippen LogP contribution in [0.5, 0.6) is 5.88 Å². The zero-order valence-electron chi connectivity index (χ0n) is 20.2. The van der Waals surface area contributed by atoms with Crippen molar-refractivity contribution in [3.05, 3.63) is 59.7 Å². The van der Waals surface area contributed by atoms with Crippen LogP contribution in [-0.2, 0) is 35.7 Å². The number of furan rings is 1. The van der Waals surface area contributed by atoms with Crippen LogP contribution in [0.1, 0.15) is 23.2 Å². The van der Waals surface area contributed by atoms with E-state index >= 15 is 0 Å². The quantitative estimate of drug-likeness (QED) is 0.440. The molecule has 0 amide bonds. The fraction of sp³-hybridized carbons (Fsp3) is 0.409. The van der Waals surface area contributed by atoms with E-state index < -0.39 is 24.3 Å². The maximum Gasteiger partial charge on any atom is 0.490 e. The number of aryl methyl sites for hydroxylation is 1. The van der Waals surface area contributed by atoms with Gasteiger partial charge in [-0.2, -0.15) is 26.3 Å². The lowest BCUT2D eigenvalue weighted by Crippen LogP contribution is -2.26. The fourth-order valence-corrected chi connectivity index (χ4v) is 3.05. The predicted octanol–water partition coefficient (Wildman–Crippen LogP) is 3.48. The number of carboxylic acids is 2. The Balaban J connectivity index is 0.000000317. The molecule has 3 aromatic heterocycles. The van der Waals surface area contributed by atoms with Gasteiger partial charge in [0.2, 0.25) is 5.88 Å². The number of pyridine rings is 1. The molecule has 4 rings (SSSR count). The fourth-order valence-electron chi connectivity index (χ4n) is 3.05. The van der Waals surface area contributed by atoms with Gasteiger partial charge >= 0.3 is 24.3 Å². The van der Waals surface area contributed by atoms with E-state index in [1.807, 2.05) is 37.3 Å². The SMILES string of the molecule is Cc1ccc(CN2CCc3nnc(COc4ccccn4)n3CC2)o1.O=C(O)C(F)(F)F.O=C(O)C(F)(F)F. The van der Waals surface area contributed by atoms with Crippen LogP contribution < -0.4 is 4.74 Å². The minimum Gasteiger partial charge on any atom is -0.475 e. The summed E-state index contributed by atoms with van der Waals surface area (Å²) in [5.41, 5.74) is 0. The summed E-state index contributed by atoms with van der Waals surface area (Å²) in [5.74, 6) is -1.10. The Labute approximate surface area is 216 Å². The van der Waals surface area contributed by atoms with Gasteiger partial charge in [-0.1, -0.05) is 6.07 Å². The van der Waals surface area contributed by atoms with Crippen LogP contribution in [0.25, 0.3) is 0 Å². The van der Waals surface area contributed by atoms with Crippen LogP contribution >= 0.6 is 0 Å². The van der Waals surface area contributed by atoms with Gasteiger partial charge in [0.05, 0.1) is 6.54 Å². The van der Waals surface area contributed by atoms with Gasteiger partial charge in [-0.25, -0.2) is 14.6 Å². The van der Waals surface area contributed by atoms with Crippen LogP contribution in [0.4, 0.5) is 26.3 Å². The molecule has 0 fully saturated rings.